The Hall–Kier alpha value is -1.35. The predicted molar refractivity (Wildman–Crippen MR) is 89.5 cm³/mol. The monoisotopic (exact) mass is 290 g/mol. The molecule has 0 fully saturated rings. The van der Waals surface area contributed by atoms with Gasteiger partial charge < -0.3 is 5.32 Å². The SMILES string of the molecule is Cc1cc(C)c(C(C)NC(C)C(=O)NCC(C)C)c(C)c1. The molecule has 0 aliphatic heterocycles. The quantitative estimate of drug-likeness (QED) is 0.843. The van der Waals surface area contributed by atoms with Crippen molar-refractivity contribution in [3.63, 3.8) is 0 Å². The highest BCUT2D eigenvalue weighted by Gasteiger charge is 2.18. The second kappa shape index (κ2) is 7.60. The number of carbonyl (C=O) groups is 1. The number of hydrogen-bond donors (Lipinski definition) is 2. The number of amides is 1. The molecule has 118 valence electrons. The molecule has 0 heterocycles. The third-order valence-corrected chi connectivity index (χ3v) is 3.75. The molecule has 0 aliphatic carbocycles. The molecule has 3 heteroatoms. The topological polar surface area (TPSA) is 41.1 Å². The molecule has 2 N–H and O–H groups in total. The Kier molecular flexibility index (Phi) is 6.41. The minimum atomic E-state index is -0.196. The van der Waals surface area contributed by atoms with Crippen LogP contribution in [0.3, 0.4) is 0 Å². The molecule has 21 heavy (non-hydrogen) atoms. The Morgan fingerprint density at radius 2 is 1.57 bits per heavy atom. The van der Waals surface area contributed by atoms with E-state index in [4.69, 9.17) is 0 Å². The van der Waals surface area contributed by atoms with Crippen LogP contribution in [0.1, 0.15) is 56.0 Å². The number of hydrogen-bond acceptors (Lipinski definition) is 2. The molecule has 2 unspecified atom stereocenters. The van der Waals surface area contributed by atoms with Crippen molar-refractivity contribution in [2.75, 3.05) is 6.54 Å². The number of carbonyl (C=O) groups excluding carboxylic acids is 1. The van der Waals surface area contributed by atoms with Crippen molar-refractivity contribution in [2.24, 2.45) is 5.92 Å². The van der Waals surface area contributed by atoms with Crippen molar-refractivity contribution in [3.8, 4) is 0 Å². The van der Waals surface area contributed by atoms with Gasteiger partial charge in [0, 0.05) is 12.6 Å². The van der Waals surface area contributed by atoms with Gasteiger partial charge in [-0.25, -0.2) is 0 Å². The van der Waals surface area contributed by atoms with E-state index in [1.807, 2.05) is 6.92 Å². The van der Waals surface area contributed by atoms with Gasteiger partial charge in [0.2, 0.25) is 5.91 Å². The molecule has 1 rings (SSSR count). The normalized spacial score (nSPS) is 14.1. The van der Waals surface area contributed by atoms with Crippen LogP contribution in [-0.4, -0.2) is 18.5 Å². The van der Waals surface area contributed by atoms with Gasteiger partial charge in [0.1, 0.15) is 0 Å². The summed E-state index contributed by atoms with van der Waals surface area (Å²) in [6.07, 6.45) is 0. The lowest BCUT2D eigenvalue weighted by Gasteiger charge is -2.23. The van der Waals surface area contributed by atoms with Crippen LogP contribution >= 0.6 is 0 Å². The van der Waals surface area contributed by atoms with E-state index in [9.17, 15) is 4.79 Å². The Labute approximate surface area is 129 Å². The molecular formula is C18H30N2O. The smallest absolute Gasteiger partial charge is 0.236 e. The van der Waals surface area contributed by atoms with Crippen molar-refractivity contribution < 1.29 is 4.79 Å². The maximum atomic E-state index is 12.1. The molecule has 2 atom stereocenters. The van der Waals surface area contributed by atoms with Gasteiger partial charge in [-0.05, 0) is 57.2 Å². The van der Waals surface area contributed by atoms with Gasteiger partial charge in [-0.2, -0.15) is 0 Å². The third-order valence-electron chi connectivity index (χ3n) is 3.75. The van der Waals surface area contributed by atoms with Crippen LogP contribution in [0, 0.1) is 26.7 Å². The lowest BCUT2D eigenvalue weighted by Crippen LogP contribution is -2.44. The fourth-order valence-electron chi connectivity index (χ4n) is 2.87. The van der Waals surface area contributed by atoms with Crippen molar-refractivity contribution >= 4 is 5.91 Å². The lowest BCUT2D eigenvalue weighted by molar-refractivity contribution is -0.123. The van der Waals surface area contributed by atoms with Crippen LogP contribution in [0.25, 0.3) is 0 Å². The summed E-state index contributed by atoms with van der Waals surface area (Å²) in [7, 11) is 0. The van der Waals surface area contributed by atoms with Crippen LogP contribution < -0.4 is 10.6 Å². The molecule has 0 spiro atoms. The fraction of sp³-hybridized carbons (Fsp3) is 0.611. The molecule has 3 nitrogen and oxygen atoms in total. The van der Waals surface area contributed by atoms with E-state index in [2.05, 4.69) is 64.3 Å². The van der Waals surface area contributed by atoms with E-state index in [0.29, 0.717) is 5.92 Å². The van der Waals surface area contributed by atoms with Gasteiger partial charge in [0.15, 0.2) is 0 Å². The van der Waals surface area contributed by atoms with E-state index in [0.717, 1.165) is 6.54 Å². The summed E-state index contributed by atoms with van der Waals surface area (Å²) >= 11 is 0. The van der Waals surface area contributed by atoms with Crippen LogP contribution in [0.5, 0.6) is 0 Å². The van der Waals surface area contributed by atoms with Gasteiger partial charge in [0.05, 0.1) is 6.04 Å². The second-order valence-electron chi connectivity index (χ2n) is 6.56. The Bertz CT molecular complexity index is 471. The first kappa shape index (κ1) is 17.7. The second-order valence-corrected chi connectivity index (χ2v) is 6.56. The summed E-state index contributed by atoms with van der Waals surface area (Å²) in [6.45, 7) is 15.3. The summed E-state index contributed by atoms with van der Waals surface area (Å²) in [6, 6.07) is 4.36. The standard InChI is InChI=1S/C18H30N2O/c1-11(2)10-19-18(21)16(7)20-15(6)17-13(4)8-12(3)9-14(17)5/h8-9,11,15-16,20H,10H2,1-7H3,(H,19,21). The lowest BCUT2D eigenvalue weighted by atomic mass is 9.94. The van der Waals surface area contributed by atoms with Crippen LogP contribution in [0.4, 0.5) is 0 Å². The first-order chi connectivity index (χ1) is 9.72. The zero-order valence-corrected chi connectivity index (χ0v) is 14.5. The minimum absolute atomic E-state index is 0.0676. The summed E-state index contributed by atoms with van der Waals surface area (Å²) in [5, 5.41) is 6.38. The molecule has 0 saturated heterocycles. The first-order valence-corrected chi connectivity index (χ1v) is 7.83. The molecule has 0 bridgehead atoms. The van der Waals surface area contributed by atoms with Crippen LogP contribution in [0.2, 0.25) is 0 Å². The number of rotatable bonds is 6. The largest absolute Gasteiger partial charge is 0.354 e. The van der Waals surface area contributed by atoms with Gasteiger partial charge in [-0.15, -0.1) is 0 Å². The number of benzene rings is 1. The highest BCUT2D eigenvalue weighted by Crippen LogP contribution is 2.23. The van der Waals surface area contributed by atoms with Crippen molar-refractivity contribution in [1.29, 1.82) is 0 Å². The molecule has 0 aliphatic rings. The predicted octanol–water partition coefficient (Wildman–Crippen LogP) is 3.42. The number of aryl methyl sites for hydroxylation is 3. The van der Waals surface area contributed by atoms with Crippen molar-refractivity contribution in [1.82, 2.24) is 10.6 Å². The molecule has 0 aromatic heterocycles. The first-order valence-electron chi connectivity index (χ1n) is 7.83. The fourth-order valence-corrected chi connectivity index (χ4v) is 2.87. The summed E-state index contributed by atoms with van der Waals surface area (Å²) in [5.41, 5.74) is 5.14. The summed E-state index contributed by atoms with van der Waals surface area (Å²) in [5.74, 6) is 0.540. The maximum absolute atomic E-state index is 12.1. The molecule has 0 radical (unpaired) electrons. The zero-order chi connectivity index (χ0) is 16.2. The maximum Gasteiger partial charge on any atom is 0.236 e. The van der Waals surface area contributed by atoms with Gasteiger partial charge >= 0.3 is 0 Å². The Balaban J connectivity index is 2.73. The van der Waals surface area contributed by atoms with Crippen molar-refractivity contribution in [2.45, 2.75) is 60.5 Å². The molecular weight excluding hydrogens is 260 g/mol. The molecule has 1 amide bonds. The average Bonchev–Trinajstić information content (AvgIpc) is 2.34. The highest BCUT2D eigenvalue weighted by atomic mass is 16.2. The van der Waals surface area contributed by atoms with Crippen molar-refractivity contribution in [3.05, 3.63) is 34.4 Å². The van der Waals surface area contributed by atoms with E-state index in [1.165, 1.54) is 22.3 Å². The van der Waals surface area contributed by atoms with Gasteiger partial charge in [-0.1, -0.05) is 31.5 Å². The van der Waals surface area contributed by atoms with Gasteiger partial charge in [-0.3, -0.25) is 10.1 Å². The van der Waals surface area contributed by atoms with Crippen LogP contribution in [-0.2, 0) is 4.79 Å². The summed E-state index contributed by atoms with van der Waals surface area (Å²) in [4.78, 5) is 12.1. The van der Waals surface area contributed by atoms with E-state index >= 15 is 0 Å². The number of nitrogens with one attached hydrogen (secondary N) is 2. The summed E-state index contributed by atoms with van der Waals surface area (Å²) < 4.78 is 0. The van der Waals surface area contributed by atoms with Crippen LogP contribution in [0.15, 0.2) is 12.1 Å². The Morgan fingerprint density at radius 3 is 2.05 bits per heavy atom. The van der Waals surface area contributed by atoms with Gasteiger partial charge in [0.25, 0.3) is 0 Å². The van der Waals surface area contributed by atoms with E-state index in [1.54, 1.807) is 0 Å². The Morgan fingerprint density at radius 1 is 1.05 bits per heavy atom. The molecule has 1 aromatic rings. The molecule has 0 saturated carbocycles. The molecule has 1 aromatic carbocycles. The minimum Gasteiger partial charge on any atom is -0.354 e. The van der Waals surface area contributed by atoms with E-state index in [-0.39, 0.29) is 18.0 Å². The third kappa shape index (κ3) is 5.16. The average molecular weight is 290 g/mol. The zero-order valence-electron chi connectivity index (χ0n) is 14.5. The van der Waals surface area contributed by atoms with E-state index < -0.39 is 0 Å². The highest BCUT2D eigenvalue weighted by molar-refractivity contribution is 5.81.